The first kappa shape index (κ1) is 15.4. The van der Waals surface area contributed by atoms with E-state index >= 15 is 0 Å². The fourth-order valence-corrected chi connectivity index (χ4v) is 4.21. The second-order valence-corrected chi connectivity index (χ2v) is 6.62. The highest BCUT2D eigenvalue weighted by Gasteiger charge is 2.40. The standard InChI is InChI=1S/C16H19N3OS2/c1-11-6-10-22-15(11)14-13(12-5-3-4-7-17-12)18-16(21)19(14)8-9-20-2/h3-7,10,13-14H,8-9H2,1-2H3,(H,18,21). The Bertz CT molecular complexity index is 644. The molecule has 0 saturated carbocycles. The van der Waals surface area contributed by atoms with Crippen molar-refractivity contribution in [2.75, 3.05) is 20.3 Å². The number of aromatic nitrogens is 1. The van der Waals surface area contributed by atoms with E-state index in [1.807, 2.05) is 18.3 Å². The minimum Gasteiger partial charge on any atom is -0.383 e. The van der Waals surface area contributed by atoms with Crippen molar-refractivity contribution in [1.82, 2.24) is 15.2 Å². The Morgan fingerprint density at radius 1 is 1.41 bits per heavy atom. The van der Waals surface area contributed by atoms with E-state index in [0.717, 1.165) is 17.4 Å². The summed E-state index contributed by atoms with van der Waals surface area (Å²) in [7, 11) is 1.72. The molecular weight excluding hydrogens is 314 g/mol. The maximum Gasteiger partial charge on any atom is 0.170 e. The molecule has 1 fully saturated rings. The lowest BCUT2D eigenvalue weighted by atomic mass is 10.0. The van der Waals surface area contributed by atoms with Crippen LogP contribution >= 0.6 is 23.6 Å². The lowest BCUT2D eigenvalue weighted by Crippen LogP contribution is -2.32. The molecule has 2 atom stereocenters. The normalized spacial score (nSPS) is 21.2. The molecule has 1 aliphatic rings. The van der Waals surface area contributed by atoms with E-state index in [9.17, 15) is 0 Å². The second-order valence-electron chi connectivity index (χ2n) is 5.28. The molecule has 1 N–H and O–H groups in total. The number of aryl methyl sites for hydroxylation is 1. The van der Waals surface area contributed by atoms with E-state index in [1.165, 1.54) is 10.4 Å². The van der Waals surface area contributed by atoms with E-state index in [-0.39, 0.29) is 12.1 Å². The Balaban J connectivity index is 1.99. The molecule has 0 radical (unpaired) electrons. The molecule has 6 heteroatoms. The van der Waals surface area contributed by atoms with Crippen LogP contribution in [0.4, 0.5) is 0 Å². The molecule has 0 amide bonds. The fraction of sp³-hybridized carbons (Fsp3) is 0.375. The Labute approximate surface area is 140 Å². The van der Waals surface area contributed by atoms with Gasteiger partial charge in [-0.15, -0.1) is 11.3 Å². The molecule has 2 aromatic heterocycles. The first-order chi connectivity index (χ1) is 10.7. The zero-order valence-corrected chi connectivity index (χ0v) is 14.3. The third kappa shape index (κ3) is 2.86. The highest BCUT2D eigenvalue weighted by molar-refractivity contribution is 7.80. The minimum atomic E-state index is 0.0721. The van der Waals surface area contributed by atoms with Gasteiger partial charge in [0.25, 0.3) is 0 Å². The van der Waals surface area contributed by atoms with Crippen molar-refractivity contribution in [3.63, 3.8) is 0 Å². The maximum absolute atomic E-state index is 5.56. The molecule has 2 unspecified atom stereocenters. The summed E-state index contributed by atoms with van der Waals surface area (Å²) in [5.41, 5.74) is 2.31. The Hall–Kier alpha value is -1.50. The monoisotopic (exact) mass is 333 g/mol. The van der Waals surface area contributed by atoms with E-state index in [0.29, 0.717) is 6.61 Å². The Morgan fingerprint density at radius 2 is 2.27 bits per heavy atom. The average molecular weight is 333 g/mol. The van der Waals surface area contributed by atoms with E-state index in [2.05, 4.69) is 39.6 Å². The number of thiocarbonyl (C=S) groups is 1. The van der Waals surface area contributed by atoms with Crippen LogP contribution < -0.4 is 5.32 Å². The van der Waals surface area contributed by atoms with Gasteiger partial charge in [0.2, 0.25) is 0 Å². The summed E-state index contributed by atoms with van der Waals surface area (Å²) in [6.45, 7) is 3.57. The number of nitrogens with zero attached hydrogens (tertiary/aromatic N) is 2. The summed E-state index contributed by atoms with van der Waals surface area (Å²) in [5, 5.41) is 6.34. The summed E-state index contributed by atoms with van der Waals surface area (Å²) >= 11 is 7.34. The summed E-state index contributed by atoms with van der Waals surface area (Å²) < 4.78 is 5.25. The number of thiophene rings is 1. The van der Waals surface area contributed by atoms with Gasteiger partial charge < -0.3 is 15.0 Å². The van der Waals surface area contributed by atoms with Gasteiger partial charge in [-0.2, -0.15) is 0 Å². The first-order valence-corrected chi connectivity index (χ1v) is 8.52. The van der Waals surface area contributed by atoms with Crippen LogP contribution in [0.15, 0.2) is 35.8 Å². The first-order valence-electron chi connectivity index (χ1n) is 7.23. The molecule has 3 rings (SSSR count). The lowest BCUT2D eigenvalue weighted by molar-refractivity contribution is 0.164. The van der Waals surface area contributed by atoms with Crippen molar-refractivity contribution in [1.29, 1.82) is 0 Å². The van der Waals surface area contributed by atoms with Crippen LogP contribution in [0.1, 0.15) is 28.2 Å². The van der Waals surface area contributed by atoms with Crippen LogP contribution in [0.2, 0.25) is 0 Å². The van der Waals surface area contributed by atoms with E-state index in [1.54, 1.807) is 18.4 Å². The van der Waals surface area contributed by atoms with Crippen LogP contribution in [-0.2, 0) is 4.74 Å². The number of nitrogens with one attached hydrogen (secondary N) is 1. The molecule has 0 aromatic carbocycles. The van der Waals surface area contributed by atoms with Gasteiger partial charge in [-0.25, -0.2) is 0 Å². The van der Waals surface area contributed by atoms with Crippen LogP contribution in [0.5, 0.6) is 0 Å². The largest absolute Gasteiger partial charge is 0.383 e. The summed E-state index contributed by atoms with van der Waals surface area (Å²) in [6, 6.07) is 8.40. The molecule has 22 heavy (non-hydrogen) atoms. The molecule has 0 spiro atoms. The number of methoxy groups -OCH3 is 1. The predicted octanol–water partition coefficient (Wildman–Crippen LogP) is 3.07. The number of hydrogen-bond acceptors (Lipinski definition) is 4. The van der Waals surface area contributed by atoms with Gasteiger partial charge in [0.05, 0.1) is 24.4 Å². The third-order valence-electron chi connectivity index (χ3n) is 3.90. The van der Waals surface area contributed by atoms with Crippen LogP contribution in [0, 0.1) is 6.92 Å². The maximum atomic E-state index is 5.56. The van der Waals surface area contributed by atoms with Gasteiger partial charge in [0.1, 0.15) is 0 Å². The fourth-order valence-electron chi connectivity index (χ4n) is 2.81. The summed E-state index contributed by atoms with van der Waals surface area (Å²) in [4.78, 5) is 8.08. The molecule has 4 nitrogen and oxygen atoms in total. The number of ether oxygens (including phenoxy) is 1. The predicted molar refractivity (Wildman–Crippen MR) is 93.1 cm³/mol. The Kier molecular flexibility index (Phi) is 4.71. The Morgan fingerprint density at radius 3 is 2.91 bits per heavy atom. The molecule has 1 saturated heterocycles. The smallest absolute Gasteiger partial charge is 0.170 e. The van der Waals surface area contributed by atoms with Gasteiger partial charge in [0.15, 0.2) is 5.11 Å². The van der Waals surface area contributed by atoms with Crippen LogP contribution in [0.3, 0.4) is 0 Å². The highest BCUT2D eigenvalue weighted by Crippen LogP contribution is 2.41. The highest BCUT2D eigenvalue weighted by atomic mass is 32.1. The average Bonchev–Trinajstić information content (AvgIpc) is 3.09. The zero-order chi connectivity index (χ0) is 15.5. The molecule has 116 valence electrons. The van der Waals surface area contributed by atoms with Gasteiger partial charge in [-0.05, 0) is 48.3 Å². The second kappa shape index (κ2) is 6.73. The van der Waals surface area contributed by atoms with Crippen molar-refractivity contribution >= 4 is 28.7 Å². The zero-order valence-electron chi connectivity index (χ0n) is 12.7. The molecule has 1 aliphatic heterocycles. The number of hydrogen-bond donors (Lipinski definition) is 1. The van der Waals surface area contributed by atoms with Gasteiger partial charge in [0, 0.05) is 24.7 Å². The third-order valence-corrected chi connectivity index (χ3v) is 5.35. The molecule has 3 heterocycles. The molecular formula is C16H19N3OS2. The van der Waals surface area contributed by atoms with Gasteiger partial charge >= 0.3 is 0 Å². The van der Waals surface area contributed by atoms with Crippen molar-refractivity contribution in [3.8, 4) is 0 Å². The topological polar surface area (TPSA) is 37.4 Å². The summed E-state index contributed by atoms with van der Waals surface area (Å²) in [5.74, 6) is 0. The quantitative estimate of drug-likeness (QED) is 0.851. The van der Waals surface area contributed by atoms with Crippen LogP contribution in [-0.4, -0.2) is 35.3 Å². The van der Waals surface area contributed by atoms with Crippen molar-refractivity contribution in [2.45, 2.75) is 19.0 Å². The van der Waals surface area contributed by atoms with Gasteiger partial charge in [-0.1, -0.05) is 6.07 Å². The van der Waals surface area contributed by atoms with Crippen molar-refractivity contribution in [3.05, 3.63) is 52.0 Å². The van der Waals surface area contributed by atoms with E-state index < -0.39 is 0 Å². The molecule has 0 bridgehead atoms. The molecule has 2 aromatic rings. The van der Waals surface area contributed by atoms with Crippen molar-refractivity contribution in [2.24, 2.45) is 0 Å². The number of rotatable bonds is 5. The molecule has 0 aliphatic carbocycles. The van der Waals surface area contributed by atoms with Crippen molar-refractivity contribution < 1.29 is 4.74 Å². The van der Waals surface area contributed by atoms with Gasteiger partial charge in [-0.3, -0.25) is 4.98 Å². The SMILES string of the molecule is COCCN1C(=S)NC(c2ccccn2)C1c1sccc1C. The minimum absolute atomic E-state index is 0.0721. The summed E-state index contributed by atoms with van der Waals surface area (Å²) in [6.07, 6.45) is 1.83. The number of pyridine rings is 1. The van der Waals surface area contributed by atoms with E-state index in [4.69, 9.17) is 17.0 Å². The lowest BCUT2D eigenvalue weighted by Gasteiger charge is -2.27. The van der Waals surface area contributed by atoms with Crippen LogP contribution in [0.25, 0.3) is 0 Å².